The largest absolute Gasteiger partial charge is 0.480 e. The summed E-state index contributed by atoms with van der Waals surface area (Å²) < 4.78 is 0. The van der Waals surface area contributed by atoms with E-state index in [1.165, 1.54) is 4.90 Å². The molecule has 1 saturated carbocycles. The number of aromatic nitrogens is 1. The van der Waals surface area contributed by atoms with Crippen molar-refractivity contribution in [2.45, 2.75) is 44.2 Å². The number of carbonyl (C=O) groups is 2. The van der Waals surface area contributed by atoms with E-state index >= 15 is 0 Å². The van der Waals surface area contributed by atoms with E-state index in [0.29, 0.717) is 19.4 Å². The highest BCUT2D eigenvalue weighted by molar-refractivity contribution is 5.86. The van der Waals surface area contributed by atoms with Crippen molar-refractivity contribution in [3.8, 4) is 0 Å². The van der Waals surface area contributed by atoms with Crippen molar-refractivity contribution in [2.24, 2.45) is 0 Å². The van der Waals surface area contributed by atoms with Crippen molar-refractivity contribution >= 4 is 12.0 Å². The fraction of sp³-hybridized carbons (Fsp3) is 0.533. The monoisotopic (exact) mass is 291 g/mol. The minimum absolute atomic E-state index is 0.358. The lowest BCUT2D eigenvalue weighted by atomic mass is 9.82. The summed E-state index contributed by atoms with van der Waals surface area (Å²) in [5.41, 5.74) is -0.207. The number of carbonyl (C=O) groups excluding carboxylic acids is 1. The molecule has 21 heavy (non-hydrogen) atoms. The molecule has 6 heteroatoms. The van der Waals surface area contributed by atoms with Gasteiger partial charge in [0.15, 0.2) is 0 Å². The first kappa shape index (κ1) is 15.3. The smallest absolute Gasteiger partial charge is 0.329 e. The van der Waals surface area contributed by atoms with Crippen LogP contribution in [0.25, 0.3) is 0 Å². The minimum atomic E-state index is -1.11. The number of hydrogen-bond donors (Lipinski definition) is 2. The normalized spacial score (nSPS) is 17.0. The van der Waals surface area contributed by atoms with Crippen LogP contribution >= 0.6 is 0 Å². The maximum absolute atomic E-state index is 12.3. The van der Waals surface area contributed by atoms with E-state index in [4.69, 9.17) is 0 Å². The molecule has 1 aliphatic carbocycles. The van der Waals surface area contributed by atoms with Gasteiger partial charge in [0.25, 0.3) is 0 Å². The molecule has 1 aromatic heterocycles. The molecule has 1 fully saturated rings. The third-order valence-electron chi connectivity index (χ3n) is 3.95. The van der Waals surface area contributed by atoms with Crippen LogP contribution in [-0.4, -0.2) is 39.6 Å². The molecule has 0 atom stereocenters. The average Bonchev–Trinajstić information content (AvgIpc) is 2.49. The van der Waals surface area contributed by atoms with Gasteiger partial charge >= 0.3 is 12.0 Å². The number of nitrogens with one attached hydrogen (secondary N) is 1. The second kappa shape index (κ2) is 6.56. The highest BCUT2D eigenvalue weighted by atomic mass is 16.4. The molecule has 0 bridgehead atoms. The highest BCUT2D eigenvalue weighted by Crippen LogP contribution is 2.28. The summed E-state index contributed by atoms with van der Waals surface area (Å²) >= 11 is 0. The summed E-state index contributed by atoms with van der Waals surface area (Å²) in [6.45, 7) is 0.398. The number of rotatable bonds is 4. The van der Waals surface area contributed by atoms with Gasteiger partial charge in [0.1, 0.15) is 5.54 Å². The fourth-order valence-corrected chi connectivity index (χ4v) is 2.69. The fourth-order valence-electron chi connectivity index (χ4n) is 2.69. The first-order valence-electron chi connectivity index (χ1n) is 7.19. The van der Waals surface area contributed by atoms with Crippen LogP contribution in [0, 0.1) is 0 Å². The summed E-state index contributed by atoms with van der Waals surface area (Å²) in [7, 11) is 1.65. The zero-order valence-corrected chi connectivity index (χ0v) is 12.2. The molecule has 114 valence electrons. The third-order valence-corrected chi connectivity index (χ3v) is 3.95. The maximum Gasteiger partial charge on any atom is 0.329 e. The van der Waals surface area contributed by atoms with Crippen molar-refractivity contribution in [2.75, 3.05) is 7.05 Å². The molecule has 1 heterocycles. The number of urea groups is 1. The van der Waals surface area contributed by atoms with Gasteiger partial charge in [0, 0.05) is 26.0 Å². The van der Waals surface area contributed by atoms with Crippen molar-refractivity contribution in [1.29, 1.82) is 0 Å². The standard InChI is InChI=1S/C15H21N3O3/c1-18(11-12-6-5-9-16-10-12)14(21)17-15(13(19)20)7-3-2-4-8-15/h5-6,9-10H,2-4,7-8,11H2,1H3,(H,17,21)(H,19,20). The molecule has 0 aromatic carbocycles. The predicted molar refractivity (Wildman–Crippen MR) is 77.7 cm³/mol. The van der Waals surface area contributed by atoms with Gasteiger partial charge in [-0.05, 0) is 24.5 Å². The summed E-state index contributed by atoms with van der Waals surface area (Å²) in [6.07, 6.45) is 7.04. The Hall–Kier alpha value is -2.11. The molecule has 0 aliphatic heterocycles. The van der Waals surface area contributed by atoms with E-state index in [0.717, 1.165) is 24.8 Å². The molecule has 2 amide bonds. The van der Waals surface area contributed by atoms with E-state index in [1.807, 2.05) is 6.07 Å². The van der Waals surface area contributed by atoms with Crippen molar-refractivity contribution in [1.82, 2.24) is 15.2 Å². The Balaban J connectivity index is 2.00. The third kappa shape index (κ3) is 3.71. The Morgan fingerprint density at radius 3 is 2.67 bits per heavy atom. The van der Waals surface area contributed by atoms with Gasteiger partial charge in [-0.15, -0.1) is 0 Å². The molecule has 6 nitrogen and oxygen atoms in total. The summed E-state index contributed by atoms with van der Waals surface area (Å²) in [5.74, 6) is -0.940. The van der Waals surface area contributed by atoms with Gasteiger partial charge in [0.2, 0.25) is 0 Å². The number of aliphatic carboxylic acids is 1. The summed E-state index contributed by atoms with van der Waals surface area (Å²) in [4.78, 5) is 29.3. The average molecular weight is 291 g/mol. The molecule has 1 aromatic rings. The molecular weight excluding hydrogens is 270 g/mol. The lowest BCUT2D eigenvalue weighted by Gasteiger charge is -2.35. The predicted octanol–water partition coefficient (Wildman–Crippen LogP) is 2.01. The number of pyridine rings is 1. The molecule has 0 saturated heterocycles. The maximum atomic E-state index is 12.3. The summed E-state index contributed by atoms with van der Waals surface area (Å²) in [5, 5.41) is 12.2. The van der Waals surface area contributed by atoms with Crippen molar-refractivity contribution in [3.63, 3.8) is 0 Å². The lowest BCUT2D eigenvalue weighted by Crippen LogP contribution is -2.58. The second-order valence-corrected chi connectivity index (χ2v) is 5.60. The van der Waals surface area contributed by atoms with E-state index in [9.17, 15) is 14.7 Å². The number of amides is 2. The van der Waals surface area contributed by atoms with Crippen LogP contribution in [0.3, 0.4) is 0 Å². The Morgan fingerprint density at radius 1 is 1.38 bits per heavy atom. The van der Waals surface area contributed by atoms with Crippen LogP contribution in [0.1, 0.15) is 37.7 Å². The van der Waals surface area contributed by atoms with Crippen LogP contribution in [0.15, 0.2) is 24.5 Å². The molecule has 2 rings (SSSR count). The SMILES string of the molecule is CN(Cc1cccnc1)C(=O)NC1(C(=O)O)CCCCC1. The first-order chi connectivity index (χ1) is 10.0. The molecular formula is C15H21N3O3. The van der Waals surface area contributed by atoms with Gasteiger partial charge in [-0.2, -0.15) is 0 Å². The molecule has 1 aliphatic rings. The van der Waals surface area contributed by atoms with Gasteiger partial charge in [-0.3, -0.25) is 4.98 Å². The topological polar surface area (TPSA) is 82.5 Å². The Kier molecular flexibility index (Phi) is 4.77. The number of carboxylic acid groups (broad SMARTS) is 1. The van der Waals surface area contributed by atoms with Crippen LogP contribution in [0.2, 0.25) is 0 Å². The molecule has 2 N–H and O–H groups in total. The van der Waals surface area contributed by atoms with E-state index in [2.05, 4.69) is 10.3 Å². The Labute approximate surface area is 124 Å². The molecule has 0 spiro atoms. The zero-order chi connectivity index (χ0) is 15.3. The lowest BCUT2D eigenvalue weighted by molar-refractivity contribution is -0.145. The second-order valence-electron chi connectivity index (χ2n) is 5.60. The Bertz CT molecular complexity index is 498. The zero-order valence-electron chi connectivity index (χ0n) is 12.2. The van der Waals surface area contributed by atoms with Crippen LogP contribution in [0.5, 0.6) is 0 Å². The minimum Gasteiger partial charge on any atom is -0.480 e. The summed E-state index contributed by atoms with van der Waals surface area (Å²) in [6, 6.07) is 3.33. The quantitative estimate of drug-likeness (QED) is 0.889. The van der Waals surface area contributed by atoms with Gasteiger partial charge in [-0.1, -0.05) is 25.3 Å². The van der Waals surface area contributed by atoms with Crippen LogP contribution in [-0.2, 0) is 11.3 Å². The van der Waals surface area contributed by atoms with E-state index < -0.39 is 11.5 Å². The van der Waals surface area contributed by atoms with E-state index in [1.54, 1.807) is 25.5 Å². The molecule has 0 radical (unpaired) electrons. The first-order valence-corrected chi connectivity index (χ1v) is 7.19. The highest BCUT2D eigenvalue weighted by Gasteiger charge is 2.41. The van der Waals surface area contributed by atoms with Crippen molar-refractivity contribution < 1.29 is 14.7 Å². The number of nitrogens with zero attached hydrogens (tertiary/aromatic N) is 2. The molecule has 0 unspecified atom stereocenters. The van der Waals surface area contributed by atoms with Crippen molar-refractivity contribution in [3.05, 3.63) is 30.1 Å². The van der Waals surface area contributed by atoms with Gasteiger partial charge in [-0.25, -0.2) is 9.59 Å². The number of carboxylic acids is 1. The van der Waals surface area contributed by atoms with E-state index in [-0.39, 0.29) is 6.03 Å². The number of hydrogen-bond acceptors (Lipinski definition) is 3. The Morgan fingerprint density at radius 2 is 2.10 bits per heavy atom. The van der Waals surface area contributed by atoms with Gasteiger partial charge in [0.05, 0.1) is 0 Å². The van der Waals surface area contributed by atoms with Crippen LogP contribution < -0.4 is 5.32 Å². The van der Waals surface area contributed by atoms with Gasteiger partial charge < -0.3 is 15.3 Å². The van der Waals surface area contributed by atoms with Crippen LogP contribution in [0.4, 0.5) is 4.79 Å².